The summed E-state index contributed by atoms with van der Waals surface area (Å²) >= 11 is 3.75. The highest BCUT2D eigenvalue weighted by atomic mass is 32.1. The van der Waals surface area contributed by atoms with E-state index in [1.165, 1.54) is 132 Å². The summed E-state index contributed by atoms with van der Waals surface area (Å²) in [6.07, 6.45) is 0. The average Bonchev–Trinajstić information content (AvgIpc) is 1.71. The van der Waals surface area contributed by atoms with Gasteiger partial charge < -0.3 is 8.83 Å². The van der Waals surface area contributed by atoms with Gasteiger partial charge in [-0.15, -0.1) is 22.7 Å². The Morgan fingerprint density at radius 2 is 0.625 bits per heavy atom. The van der Waals surface area contributed by atoms with Gasteiger partial charge in [0.05, 0.1) is 22.4 Å². The lowest BCUT2D eigenvalue weighted by Crippen LogP contribution is -1.90. The first-order valence-corrected chi connectivity index (χ1v) is 34.2. The number of rotatable bonds is 4. The minimum atomic E-state index is 0.914. The highest BCUT2D eigenvalue weighted by Crippen LogP contribution is 2.49. The van der Waals surface area contributed by atoms with E-state index in [1.807, 2.05) is 22.7 Å². The van der Waals surface area contributed by atoms with Crippen LogP contribution in [0.3, 0.4) is 0 Å². The third-order valence-corrected chi connectivity index (χ3v) is 22.4. The van der Waals surface area contributed by atoms with Crippen LogP contribution in [0.1, 0.15) is 0 Å². The summed E-state index contributed by atoms with van der Waals surface area (Å²) in [7, 11) is 0. The maximum atomic E-state index is 6.73. The summed E-state index contributed by atoms with van der Waals surface area (Å²) < 4.78 is 18.7. The summed E-state index contributed by atoms with van der Waals surface area (Å²) in [5, 5.41) is 26.9. The van der Waals surface area contributed by atoms with Crippen LogP contribution in [0.4, 0.5) is 0 Å². The lowest BCUT2D eigenvalue weighted by atomic mass is 9.93. The molecule has 22 aromatic rings. The van der Waals surface area contributed by atoms with Gasteiger partial charge in [-0.1, -0.05) is 249 Å². The van der Waals surface area contributed by atoms with Crippen molar-refractivity contribution in [3.05, 3.63) is 303 Å². The van der Waals surface area contributed by atoms with E-state index in [4.69, 9.17) is 18.8 Å². The monoisotopic (exact) mass is 1250 g/mol. The van der Waals surface area contributed by atoms with Gasteiger partial charge in [0.2, 0.25) is 0 Å². The van der Waals surface area contributed by atoms with E-state index in [1.54, 1.807) is 0 Å². The largest absolute Gasteiger partial charge is 0.455 e. The molecule has 0 atom stereocenters. The zero-order valence-corrected chi connectivity index (χ0v) is 53.0. The van der Waals surface area contributed by atoms with Crippen LogP contribution in [0.25, 0.3) is 215 Å². The van der Waals surface area contributed by atoms with Gasteiger partial charge in [-0.25, -0.2) is 9.97 Å². The van der Waals surface area contributed by atoms with Crippen molar-refractivity contribution in [1.82, 2.24) is 9.97 Å². The number of para-hydroxylation sites is 2. The van der Waals surface area contributed by atoms with E-state index in [0.29, 0.717) is 0 Å². The summed E-state index contributed by atoms with van der Waals surface area (Å²) in [5.74, 6) is 0. The van der Waals surface area contributed by atoms with E-state index < -0.39 is 0 Å². The number of thiophene rings is 2. The van der Waals surface area contributed by atoms with Gasteiger partial charge in [-0.05, 0) is 109 Å². The molecule has 6 heteroatoms. The topological polar surface area (TPSA) is 52.1 Å². The molecule has 444 valence electrons. The number of fused-ring (bicyclic) bond motifs is 27. The number of aromatic nitrogens is 2. The van der Waals surface area contributed by atoms with Crippen molar-refractivity contribution >= 4 is 193 Å². The molecule has 16 aromatic carbocycles. The Balaban J connectivity index is 0.000000127. The zero-order chi connectivity index (χ0) is 62.7. The molecule has 0 aliphatic rings. The lowest BCUT2D eigenvalue weighted by Gasteiger charge is -2.12. The number of hydrogen-bond acceptors (Lipinski definition) is 6. The van der Waals surface area contributed by atoms with Crippen LogP contribution in [-0.4, -0.2) is 9.97 Å². The number of nitrogens with zero attached hydrogens (tertiary/aromatic N) is 2. The number of pyridine rings is 2. The Labute approximate surface area is 556 Å². The third-order valence-electron chi connectivity index (χ3n) is 20.0. The molecule has 0 fully saturated rings. The summed E-state index contributed by atoms with van der Waals surface area (Å²) in [5.41, 5.74) is 14.4. The first kappa shape index (κ1) is 53.4. The maximum absolute atomic E-state index is 6.73. The van der Waals surface area contributed by atoms with Gasteiger partial charge in [0, 0.05) is 116 Å². The van der Waals surface area contributed by atoms with Crippen LogP contribution >= 0.6 is 22.7 Å². The second-order valence-corrected chi connectivity index (χ2v) is 27.4. The van der Waals surface area contributed by atoms with Crippen LogP contribution in [0.5, 0.6) is 0 Å². The van der Waals surface area contributed by atoms with Crippen LogP contribution in [0.2, 0.25) is 0 Å². The Morgan fingerprint density at radius 3 is 1.17 bits per heavy atom. The van der Waals surface area contributed by atoms with E-state index in [2.05, 4.69) is 303 Å². The molecule has 0 saturated carbocycles. The second kappa shape index (κ2) is 20.7. The molecular formula is C90H50N2O2S2. The Bertz CT molecular complexity index is 7030. The first-order valence-electron chi connectivity index (χ1n) is 32.6. The third kappa shape index (κ3) is 8.01. The molecule has 0 amide bonds. The fourth-order valence-corrected chi connectivity index (χ4v) is 18.1. The second-order valence-electron chi connectivity index (χ2n) is 25.3. The van der Waals surface area contributed by atoms with Gasteiger partial charge in [-0.2, -0.15) is 0 Å². The fourth-order valence-electron chi connectivity index (χ4n) is 15.6. The van der Waals surface area contributed by atoms with Crippen LogP contribution in [0.15, 0.2) is 312 Å². The maximum Gasteiger partial charge on any atom is 0.143 e. The van der Waals surface area contributed by atoms with Crippen molar-refractivity contribution in [3.63, 3.8) is 0 Å². The SMILES string of the molecule is c1ccc2c(c1)ccc1oc3c(-c4ccc(-c5nc6ccccc6c6c5ccc5c7ccccc7sc56)cc4)cc4ccccc4c3c12.c1ccc2cc3c(cc2c1)oc1c(-c2ccc(-c4nc5ccccc5c5c4ccc4c6ccccc6sc45)cc2)cc2ccccc2c13. The molecule has 6 heterocycles. The molecule has 0 spiro atoms. The summed E-state index contributed by atoms with van der Waals surface area (Å²) in [6, 6.07) is 109. The van der Waals surface area contributed by atoms with Crippen molar-refractivity contribution in [3.8, 4) is 44.8 Å². The standard InChI is InChI=1S/2C45H25NOS/c1-3-11-30-26(9-1)21-24-38-41(30)42-31-12-4-2-10-29(31)25-36(44(42)47-38)27-17-19-28(20-18-27)43-35-23-22-33-32-13-6-8-16-39(32)48-45(33)40(35)34-14-5-7-15-37(34)46-43;1-2-10-29-25-39-37(23-28(29)9-1)41-31-12-4-3-11-30(31)24-36(44(41)47-39)26-17-19-27(20-18-26)43-35-22-21-33-32-13-6-8-16-40(32)48-45(33)42(35)34-14-5-7-15-38(34)46-43/h2*1-25H. The van der Waals surface area contributed by atoms with Gasteiger partial charge in [-0.3, -0.25) is 0 Å². The molecule has 0 aliphatic carbocycles. The van der Waals surface area contributed by atoms with E-state index in [-0.39, 0.29) is 0 Å². The van der Waals surface area contributed by atoms with Crippen molar-refractivity contribution in [1.29, 1.82) is 0 Å². The molecule has 96 heavy (non-hydrogen) atoms. The van der Waals surface area contributed by atoms with E-state index >= 15 is 0 Å². The Hall–Kier alpha value is -12.1. The summed E-state index contributed by atoms with van der Waals surface area (Å²) in [4.78, 5) is 10.5. The predicted molar refractivity (Wildman–Crippen MR) is 411 cm³/mol. The molecule has 22 rings (SSSR count). The van der Waals surface area contributed by atoms with Gasteiger partial charge >= 0.3 is 0 Å². The molecule has 0 N–H and O–H groups in total. The minimum absolute atomic E-state index is 0.914. The highest BCUT2D eigenvalue weighted by molar-refractivity contribution is 7.27. The molecule has 0 unspecified atom stereocenters. The molecule has 0 bridgehead atoms. The quantitative estimate of drug-likeness (QED) is 0.165. The lowest BCUT2D eigenvalue weighted by molar-refractivity contribution is 0.670. The van der Waals surface area contributed by atoms with Crippen molar-refractivity contribution < 1.29 is 8.83 Å². The van der Waals surface area contributed by atoms with Crippen LogP contribution in [-0.2, 0) is 0 Å². The molecule has 0 radical (unpaired) electrons. The summed E-state index contributed by atoms with van der Waals surface area (Å²) in [6.45, 7) is 0. The number of hydrogen-bond donors (Lipinski definition) is 0. The first-order chi connectivity index (χ1) is 47.6. The Kier molecular flexibility index (Phi) is 11.5. The van der Waals surface area contributed by atoms with Crippen molar-refractivity contribution in [2.24, 2.45) is 0 Å². The number of benzene rings is 16. The molecule has 0 aliphatic heterocycles. The van der Waals surface area contributed by atoms with Gasteiger partial charge in [0.25, 0.3) is 0 Å². The molecular weight excluding hydrogens is 1210 g/mol. The molecule has 0 saturated heterocycles. The fraction of sp³-hybridized carbons (Fsp3) is 0. The van der Waals surface area contributed by atoms with Crippen molar-refractivity contribution in [2.75, 3.05) is 0 Å². The van der Waals surface area contributed by atoms with Crippen LogP contribution < -0.4 is 0 Å². The number of furan rings is 2. The highest BCUT2D eigenvalue weighted by Gasteiger charge is 2.23. The predicted octanol–water partition coefficient (Wildman–Crippen LogP) is 26.6. The van der Waals surface area contributed by atoms with E-state index in [0.717, 1.165) is 83.5 Å². The van der Waals surface area contributed by atoms with E-state index in [9.17, 15) is 0 Å². The Morgan fingerprint density at radius 1 is 0.229 bits per heavy atom. The van der Waals surface area contributed by atoms with Gasteiger partial charge in [0.15, 0.2) is 0 Å². The minimum Gasteiger partial charge on any atom is -0.455 e. The normalized spacial score (nSPS) is 12.2. The van der Waals surface area contributed by atoms with Crippen molar-refractivity contribution in [2.45, 2.75) is 0 Å². The van der Waals surface area contributed by atoms with Gasteiger partial charge in [0.1, 0.15) is 22.3 Å². The molecule has 4 nitrogen and oxygen atoms in total. The zero-order valence-electron chi connectivity index (χ0n) is 51.4. The smallest absolute Gasteiger partial charge is 0.143 e. The average molecular weight is 1260 g/mol. The molecule has 6 aromatic heterocycles. The van der Waals surface area contributed by atoms with Crippen LogP contribution in [0, 0.1) is 0 Å².